The maximum atomic E-state index is 13.3. The van der Waals surface area contributed by atoms with Gasteiger partial charge in [0.05, 0.1) is 23.1 Å². The molecule has 0 amide bonds. The van der Waals surface area contributed by atoms with Crippen molar-refractivity contribution in [3.63, 3.8) is 0 Å². The Balaban J connectivity index is 1.50. The van der Waals surface area contributed by atoms with Gasteiger partial charge in [0.1, 0.15) is 5.76 Å². The molecule has 5 aromatic rings. The SMILES string of the molecule is Cc1ccccc1-c1nc(CSc2nc3ccccc3c(=O)n2Cc2cccnc2)c(C)o1. The van der Waals surface area contributed by atoms with Crippen LogP contribution in [0.2, 0.25) is 0 Å². The average molecular weight is 455 g/mol. The van der Waals surface area contributed by atoms with Gasteiger partial charge in [-0.2, -0.15) is 0 Å². The van der Waals surface area contributed by atoms with Crippen molar-refractivity contribution >= 4 is 22.7 Å². The summed E-state index contributed by atoms with van der Waals surface area (Å²) in [6, 6.07) is 19.3. The third kappa shape index (κ3) is 4.32. The van der Waals surface area contributed by atoms with Crippen molar-refractivity contribution < 1.29 is 4.42 Å². The summed E-state index contributed by atoms with van der Waals surface area (Å²) in [7, 11) is 0. The van der Waals surface area contributed by atoms with Gasteiger partial charge < -0.3 is 4.42 Å². The number of oxazole rings is 1. The third-order valence-electron chi connectivity index (χ3n) is 5.50. The number of hydrogen-bond donors (Lipinski definition) is 0. The number of aryl methyl sites for hydroxylation is 2. The monoisotopic (exact) mass is 454 g/mol. The minimum Gasteiger partial charge on any atom is -0.441 e. The van der Waals surface area contributed by atoms with Gasteiger partial charge in [-0.05, 0) is 49.2 Å². The summed E-state index contributed by atoms with van der Waals surface area (Å²) in [5, 5.41) is 1.24. The Bertz CT molecular complexity index is 1490. The Morgan fingerprint density at radius 1 is 0.970 bits per heavy atom. The molecule has 0 N–H and O–H groups in total. The van der Waals surface area contributed by atoms with Gasteiger partial charge in [0.2, 0.25) is 5.89 Å². The van der Waals surface area contributed by atoms with Crippen molar-refractivity contribution in [2.75, 3.05) is 0 Å². The van der Waals surface area contributed by atoms with Crippen molar-refractivity contribution in [1.29, 1.82) is 0 Å². The number of fused-ring (bicyclic) bond motifs is 1. The van der Waals surface area contributed by atoms with Gasteiger partial charge in [-0.3, -0.25) is 14.3 Å². The topological polar surface area (TPSA) is 73.8 Å². The lowest BCUT2D eigenvalue weighted by atomic mass is 10.1. The summed E-state index contributed by atoms with van der Waals surface area (Å²) < 4.78 is 7.68. The van der Waals surface area contributed by atoms with Crippen molar-refractivity contribution in [3.05, 3.63) is 106 Å². The molecular formula is C26H22N4O2S. The number of pyridine rings is 1. The Labute approximate surface area is 195 Å². The summed E-state index contributed by atoms with van der Waals surface area (Å²) in [5.41, 5.74) is 4.49. The molecule has 0 saturated carbocycles. The lowest BCUT2D eigenvalue weighted by Crippen LogP contribution is -2.24. The van der Waals surface area contributed by atoms with E-state index in [0.29, 0.717) is 34.2 Å². The van der Waals surface area contributed by atoms with Gasteiger partial charge >= 0.3 is 0 Å². The molecule has 33 heavy (non-hydrogen) atoms. The van der Waals surface area contributed by atoms with Crippen LogP contribution in [0.1, 0.15) is 22.6 Å². The molecule has 7 heteroatoms. The van der Waals surface area contributed by atoms with E-state index < -0.39 is 0 Å². The van der Waals surface area contributed by atoms with E-state index in [2.05, 4.69) is 4.98 Å². The Hall–Kier alpha value is -3.71. The van der Waals surface area contributed by atoms with Crippen LogP contribution in [0.5, 0.6) is 0 Å². The summed E-state index contributed by atoms with van der Waals surface area (Å²) >= 11 is 1.48. The first-order chi connectivity index (χ1) is 16.1. The molecule has 0 aliphatic rings. The van der Waals surface area contributed by atoms with Crippen LogP contribution in [-0.2, 0) is 12.3 Å². The van der Waals surface area contributed by atoms with E-state index in [-0.39, 0.29) is 5.56 Å². The number of nitrogens with zero attached hydrogens (tertiary/aromatic N) is 4. The van der Waals surface area contributed by atoms with Crippen LogP contribution in [0, 0.1) is 13.8 Å². The van der Waals surface area contributed by atoms with Crippen LogP contribution in [0.4, 0.5) is 0 Å². The third-order valence-corrected chi connectivity index (χ3v) is 6.48. The summed E-state index contributed by atoms with van der Waals surface area (Å²) in [4.78, 5) is 27.0. The quantitative estimate of drug-likeness (QED) is 0.252. The molecule has 0 saturated heterocycles. The Morgan fingerprint density at radius 2 is 1.79 bits per heavy atom. The van der Waals surface area contributed by atoms with E-state index in [9.17, 15) is 4.79 Å². The average Bonchev–Trinajstić information content (AvgIpc) is 3.21. The Morgan fingerprint density at radius 3 is 2.61 bits per heavy atom. The number of aromatic nitrogens is 4. The number of thioether (sulfide) groups is 1. The number of para-hydroxylation sites is 1. The van der Waals surface area contributed by atoms with Crippen LogP contribution in [0.15, 0.2) is 87.4 Å². The lowest BCUT2D eigenvalue weighted by molar-refractivity contribution is 0.540. The van der Waals surface area contributed by atoms with Crippen LogP contribution in [-0.4, -0.2) is 19.5 Å². The van der Waals surface area contributed by atoms with E-state index in [4.69, 9.17) is 14.4 Å². The molecular weight excluding hydrogens is 432 g/mol. The normalized spacial score (nSPS) is 11.2. The minimum absolute atomic E-state index is 0.0653. The van der Waals surface area contributed by atoms with Gasteiger partial charge in [-0.15, -0.1) is 0 Å². The molecule has 0 bridgehead atoms. The van der Waals surface area contributed by atoms with E-state index in [0.717, 1.165) is 28.1 Å². The fraction of sp³-hybridized carbons (Fsp3) is 0.154. The summed E-state index contributed by atoms with van der Waals surface area (Å²) in [5.74, 6) is 1.92. The van der Waals surface area contributed by atoms with Crippen molar-refractivity contribution in [2.24, 2.45) is 0 Å². The second-order valence-corrected chi connectivity index (χ2v) is 8.73. The second kappa shape index (κ2) is 9.03. The maximum absolute atomic E-state index is 13.3. The molecule has 5 rings (SSSR count). The van der Waals surface area contributed by atoms with Gasteiger partial charge in [0.15, 0.2) is 5.16 Å². The smallest absolute Gasteiger partial charge is 0.262 e. The zero-order valence-corrected chi connectivity index (χ0v) is 19.2. The largest absolute Gasteiger partial charge is 0.441 e. The van der Waals surface area contributed by atoms with Gasteiger partial charge in [-0.1, -0.05) is 48.2 Å². The standard InChI is InChI=1S/C26H22N4O2S/c1-17-8-3-4-10-20(17)24-28-23(18(2)32-24)16-33-26-29-22-12-6-5-11-21(22)25(31)30(26)15-19-9-7-13-27-14-19/h3-14H,15-16H2,1-2H3. The van der Waals surface area contributed by atoms with Gasteiger partial charge in [-0.25, -0.2) is 9.97 Å². The molecule has 0 radical (unpaired) electrons. The molecule has 0 aliphatic carbocycles. The van der Waals surface area contributed by atoms with Crippen molar-refractivity contribution in [2.45, 2.75) is 31.3 Å². The van der Waals surface area contributed by atoms with Crippen molar-refractivity contribution in [3.8, 4) is 11.5 Å². The fourth-order valence-electron chi connectivity index (χ4n) is 3.69. The van der Waals surface area contributed by atoms with E-state index in [1.54, 1.807) is 17.0 Å². The zero-order chi connectivity index (χ0) is 22.8. The summed E-state index contributed by atoms with van der Waals surface area (Å²) in [6.07, 6.45) is 3.49. The highest BCUT2D eigenvalue weighted by molar-refractivity contribution is 7.98. The predicted octanol–water partition coefficient (Wildman–Crippen LogP) is 5.40. The number of rotatable bonds is 6. The van der Waals surface area contributed by atoms with E-state index in [1.165, 1.54) is 11.8 Å². The van der Waals surface area contributed by atoms with Crippen LogP contribution in [0.25, 0.3) is 22.4 Å². The molecule has 0 fully saturated rings. The summed E-state index contributed by atoms with van der Waals surface area (Å²) in [6.45, 7) is 4.36. The second-order valence-electron chi connectivity index (χ2n) is 7.79. The highest BCUT2D eigenvalue weighted by Crippen LogP contribution is 2.29. The molecule has 0 atom stereocenters. The van der Waals surface area contributed by atoms with E-state index >= 15 is 0 Å². The highest BCUT2D eigenvalue weighted by atomic mass is 32.2. The fourth-order valence-corrected chi connectivity index (χ4v) is 4.69. The van der Waals surface area contributed by atoms with Gasteiger partial charge in [0, 0.05) is 23.7 Å². The molecule has 0 aliphatic heterocycles. The molecule has 0 spiro atoms. The lowest BCUT2D eigenvalue weighted by Gasteiger charge is -2.12. The first-order valence-electron chi connectivity index (χ1n) is 10.6. The van der Waals surface area contributed by atoms with Crippen LogP contribution < -0.4 is 5.56 Å². The molecule has 0 unspecified atom stereocenters. The molecule has 6 nitrogen and oxygen atoms in total. The maximum Gasteiger partial charge on any atom is 0.262 e. The highest BCUT2D eigenvalue weighted by Gasteiger charge is 2.16. The number of benzene rings is 2. The Kier molecular flexibility index (Phi) is 5.79. The predicted molar refractivity (Wildman–Crippen MR) is 130 cm³/mol. The molecule has 164 valence electrons. The van der Waals surface area contributed by atoms with Crippen molar-refractivity contribution in [1.82, 2.24) is 19.5 Å². The molecule has 2 aromatic carbocycles. The minimum atomic E-state index is -0.0653. The molecule has 3 aromatic heterocycles. The first kappa shape index (κ1) is 21.2. The van der Waals surface area contributed by atoms with E-state index in [1.807, 2.05) is 74.5 Å². The number of hydrogen-bond acceptors (Lipinski definition) is 6. The molecule has 3 heterocycles. The first-order valence-corrected chi connectivity index (χ1v) is 11.6. The van der Waals surface area contributed by atoms with Crippen LogP contribution >= 0.6 is 11.8 Å². The zero-order valence-electron chi connectivity index (χ0n) is 18.4. The van der Waals surface area contributed by atoms with Gasteiger partial charge in [0.25, 0.3) is 5.56 Å². The van der Waals surface area contributed by atoms with Crippen LogP contribution in [0.3, 0.4) is 0 Å².